The van der Waals surface area contributed by atoms with Gasteiger partial charge in [-0.2, -0.15) is 11.3 Å². The molecule has 0 aromatic carbocycles. The van der Waals surface area contributed by atoms with E-state index in [1.54, 1.807) is 11.3 Å². The summed E-state index contributed by atoms with van der Waals surface area (Å²) in [6, 6.07) is 2.00. The van der Waals surface area contributed by atoms with Crippen LogP contribution < -0.4 is 5.32 Å². The first-order chi connectivity index (χ1) is 8.28. The molecule has 2 aromatic heterocycles. The lowest BCUT2D eigenvalue weighted by atomic mass is 10.3. The lowest BCUT2D eigenvalue weighted by Crippen LogP contribution is -2.24. The maximum Gasteiger partial charge on any atom is 0.227 e. The summed E-state index contributed by atoms with van der Waals surface area (Å²) in [7, 11) is 0. The zero-order valence-electron chi connectivity index (χ0n) is 8.98. The van der Waals surface area contributed by atoms with Crippen LogP contribution in [0.4, 0.5) is 0 Å². The summed E-state index contributed by atoms with van der Waals surface area (Å²) < 4.78 is 0. The Labute approximate surface area is 112 Å². The van der Waals surface area contributed by atoms with Crippen molar-refractivity contribution in [3.8, 4) is 0 Å². The number of carbonyl (C=O) groups is 1. The summed E-state index contributed by atoms with van der Waals surface area (Å²) >= 11 is 8.75. The van der Waals surface area contributed by atoms with Crippen molar-refractivity contribution in [2.24, 2.45) is 0 Å². The number of alkyl halides is 1. The predicted molar refractivity (Wildman–Crippen MR) is 71.5 cm³/mol. The Kier molecular flexibility index (Phi) is 4.53. The van der Waals surface area contributed by atoms with Crippen molar-refractivity contribution >= 4 is 40.2 Å². The predicted octanol–water partition coefficient (Wildman–Crippen LogP) is 2.80. The summed E-state index contributed by atoms with van der Waals surface area (Å²) in [4.78, 5) is 15.9. The molecule has 0 spiro atoms. The van der Waals surface area contributed by atoms with E-state index in [0.29, 0.717) is 18.8 Å². The smallest absolute Gasteiger partial charge is 0.227 e. The van der Waals surface area contributed by atoms with Crippen molar-refractivity contribution in [2.75, 3.05) is 0 Å². The van der Waals surface area contributed by atoms with Gasteiger partial charge in [0.1, 0.15) is 5.01 Å². The molecule has 0 bridgehead atoms. The molecule has 3 nitrogen and oxygen atoms in total. The minimum Gasteiger partial charge on any atom is -0.352 e. The number of nitrogens with zero attached hydrogens (tertiary/aromatic N) is 1. The van der Waals surface area contributed by atoms with Gasteiger partial charge in [0.2, 0.25) is 5.91 Å². The normalized spacial score (nSPS) is 10.4. The van der Waals surface area contributed by atoms with Crippen LogP contribution in [0.25, 0.3) is 0 Å². The number of halogens is 1. The van der Waals surface area contributed by atoms with Crippen LogP contribution in [-0.4, -0.2) is 10.9 Å². The highest BCUT2D eigenvalue weighted by Gasteiger charge is 2.07. The number of aromatic nitrogens is 1. The van der Waals surface area contributed by atoms with E-state index < -0.39 is 0 Å². The van der Waals surface area contributed by atoms with E-state index in [9.17, 15) is 4.79 Å². The number of hydrogen-bond donors (Lipinski definition) is 1. The fourth-order valence-corrected chi connectivity index (χ4v) is 2.97. The molecule has 1 N–H and O–H groups in total. The van der Waals surface area contributed by atoms with Crippen LogP contribution in [0.15, 0.2) is 22.2 Å². The number of amides is 1. The molecule has 0 aliphatic heterocycles. The van der Waals surface area contributed by atoms with Crippen molar-refractivity contribution in [3.05, 3.63) is 38.5 Å². The summed E-state index contributed by atoms with van der Waals surface area (Å²) in [6.07, 6.45) is 0.325. The largest absolute Gasteiger partial charge is 0.352 e. The topological polar surface area (TPSA) is 42.0 Å². The van der Waals surface area contributed by atoms with Crippen molar-refractivity contribution in [1.82, 2.24) is 10.3 Å². The van der Waals surface area contributed by atoms with Crippen LogP contribution in [-0.2, 0) is 23.6 Å². The summed E-state index contributed by atoms with van der Waals surface area (Å²) in [5, 5.41) is 9.57. The number of thiophene rings is 1. The van der Waals surface area contributed by atoms with Gasteiger partial charge in [0.25, 0.3) is 0 Å². The summed E-state index contributed by atoms with van der Waals surface area (Å²) in [5.41, 5.74) is 1.96. The molecule has 2 aromatic rings. The third kappa shape index (κ3) is 3.80. The fourth-order valence-electron chi connectivity index (χ4n) is 1.29. The molecule has 1 amide bonds. The second-order valence-electron chi connectivity index (χ2n) is 3.45. The van der Waals surface area contributed by atoms with Gasteiger partial charge in [0.15, 0.2) is 0 Å². The zero-order valence-corrected chi connectivity index (χ0v) is 11.4. The first kappa shape index (κ1) is 12.5. The lowest BCUT2D eigenvalue weighted by Gasteiger charge is -2.01. The maximum absolute atomic E-state index is 11.6. The Morgan fingerprint density at radius 1 is 1.47 bits per heavy atom. The standard InChI is InChI=1S/C11H11ClN2OS2/c12-4-9-7-17-11(14-9)3-10(15)13-5-8-1-2-16-6-8/h1-2,6-7H,3-5H2,(H,13,15). The molecule has 0 radical (unpaired) electrons. The average molecular weight is 287 g/mol. The van der Waals surface area contributed by atoms with E-state index in [1.807, 2.05) is 22.2 Å². The third-order valence-electron chi connectivity index (χ3n) is 2.12. The number of thiazole rings is 1. The van der Waals surface area contributed by atoms with Gasteiger partial charge in [-0.15, -0.1) is 22.9 Å². The van der Waals surface area contributed by atoms with Crippen molar-refractivity contribution < 1.29 is 4.79 Å². The molecule has 0 unspecified atom stereocenters. The highest BCUT2D eigenvalue weighted by molar-refractivity contribution is 7.09. The molecule has 0 aliphatic rings. The highest BCUT2D eigenvalue weighted by Crippen LogP contribution is 2.12. The number of rotatable bonds is 5. The highest BCUT2D eigenvalue weighted by atomic mass is 35.5. The lowest BCUT2D eigenvalue weighted by molar-refractivity contribution is -0.120. The SMILES string of the molecule is O=C(Cc1nc(CCl)cs1)NCc1ccsc1. The Bertz CT molecular complexity index is 481. The van der Waals surface area contributed by atoms with Gasteiger partial charge in [-0.1, -0.05) is 0 Å². The molecule has 0 fully saturated rings. The molecule has 0 saturated carbocycles. The molecule has 17 heavy (non-hydrogen) atoms. The Balaban J connectivity index is 1.81. The number of hydrogen-bond acceptors (Lipinski definition) is 4. The van der Waals surface area contributed by atoms with Crippen molar-refractivity contribution in [2.45, 2.75) is 18.8 Å². The molecule has 0 atom stereocenters. The van der Waals surface area contributed by atoms with Gasteiger partial charge in [-0.3, -0.25) is 4.79 Å². The van der Waals surface area contributed by atoms with E-state index in [-0.39, 0.29) is 5.91 Å². The Morgan fingerprint density at radius 2 is 2.35 bits per heavy atom. The molecule has 2 rings (SSSR count). The minimum atomic E-state index is -0.00771. The zero-order chi connectivity index (χ0) is 12.1. The average Bonchev–Trinajstić information content (AvgIpc) is 2.97. The molecule has 0 saturated heterocycles. The van der Waals surface area contributed by atoms with Gasteiger partial charge in [0, 0.05) is 11.9 Å². The second-order valence-corrected chi connectivity index (χ2v) is 5.44. The minimum absolute atomic E-state index is 0.00771. The van der Waals surface area contributed by atoms with Crippen LogP contribution in [0.2, 0.25) is 0 Å². The van der Waals surface area contributed by atoms with Gasteiger partial charge < -0.3 is 5.32 Å². The monoisotopic (exact) mass is 286 g/mol. The number of nitrogens with one attached hydrogen (secondary N) is 1. The summed E-state index contributed by atoms with van der Waals surface area (Å²) in [6.45, 7) is 0.579. The van der Waals surface area contributed by atoms with E-state index >= 15 is 0 Å². The van der Waals surface area contributed by atoms with Crippen LogP contribution in [0, 0.1) is 0 Å². The van der Waals surface area contributed by atoms with Crippen LogP contribution in [0.5, 0.6) is 0 Å². The van der Waals surface area contributed by atoms with Crippen LogP contribution in [0.3, 0.4) is 0 Å². The van der Waals surface area contributed by atoms with E-state index in [1.165, 1.54) is 11.3 Å². The maximum atomic E-state index is 11.6. The molecular formula is C11H11ClN2OS2. The van der Waals surface area contributed by atoms with Crippen molar-refractivity contribution in [1.29, 1.82) is 0 Å². The fraction of sp³-hybridized carbons (Fsp3) is 0.273. The van der Waals surface area contributed by atoms with Crippen molar-refractivity contribution in [3.63, 3.8) is 0 Å². The number of carbonyl (C=O) groups excluding carboxylic acids is 1. The molecule has 6 heteroatoms. The molecule has 90 valence electrons. The van der Waals surface area contributed by atoms with Gasteiger partial charge in [-0.25, -0.2) is 4.98 Å². The Morgan fingerprint density at radius 3 is 3.00 bits per heavy atom. The van der Waals surface area contributed by atoms with E-state index in [2.05, 4.69) is 10.3 Å². The van der Waals surface area contributed by atoms with Gasteiger partial charge in [0.05, 0.1) is 18.0 Å². The first-order valence-electron chi connectivity index (χ1n) is 5.05. The van der Waals surface area contributed by atoms with Gasteiger partial charge in [-0.05, 0) is 22.4 Å². The van der Waals surface area contributed by atoms with Crippen LogP contribution in [0.1, 0.15) is 16.3 Å². The third-order valence-corrected chi connectivity index (χ3v) is 4.02. The van der Waals surface area contributed by atoms with Gasteiger partial charge >= 0.3 is 0 Å². The molecular weight excluding hydrogens is 276 g/mol. The first-order valence-corrected chi connectivity index (χ1v) is 7.40. The quantitative estimate of drug-likeness (QED) is 0.859. The Hall–Kier alpha value is -0.910. The van der Waals surface area contributed by atoms with E-state index in [4.69, 9.17) is 11.6 Å². The summed E-state index contributed by atoms with van der Waals surface area (Å²) in [5.74, 6) is 0.388. The molecule has 2 heterocycles. The van der Waals surface area contributed by atoms with E-state index in [0.717, 1.165) is 16.3 Å². The molecule has 0 aliphatic carbocycles. The van der Waals surface area contributed by atoms with Crippen LogP contribution >= 0.6 is 34.3 Å². The second kappa shape index (κ2) is 6.14.